The van der Waals surface area contributed by atoms with Gasteiger partial charge in [0.15, 0.2) is 0 Å². The Balaban J connectivity index is 0.00000277. The maximum atomic E-state index is 11.5. The molecule has 0 saturated carbocycles. The SMILES string of the molecule is CC.CC.CCc1cc(C(C)(c2cc(CN(C)C)cc(CN(C)C)c2)c2cc(CN(C)C)c(O)c(CN(C)C)c2)cc(CN(C)C)c1O. The van der Waals surface area contributed by atoms with Gasteiger partial charge in [0.1, 0.15) is 11.5 Å². The maximum Gasteiger partial charge on any atom is 0.124 e. The first-order valence-corrected chi connectivity index (χ1v) is 17.6. The van der Waals surface area contributed by atoms with E-state index in [0.717, 1.165) is 52.9 Å². The summed E-state index contributed by atoms with van der Waals surface area (Å²) in [5.41, 5.74) is 9.13. The van der Waals surface area contributed by atoms with Gasteiger partial charge in [0.25, 0.3) is 0 Å². The quantitative estimate of drug-likeness (QED) is 0.175. The second kappa shape index (κ2) is 19.9. The van der Waals surface area contributed by atoms with Crippen molar-refractivity contribution in [1.82, 2.24) is 24.5 Å². The highest BCUT2D eigenvalue weighted by Gasteiger charge is 2.35. The molecule has 270 valence electrons. The number of aromatic hydroxyl groups is 2. The van der Waals surface area contributed by atoms with Crippen molar-refractivity contribution in [1.29, 1.82) is 0 Å². The van der Waals surface area contributed by atoms with E-state index in [1.54, 1.807) is 0 Å². The largest absolute Gasteiger partial charge is 0.507 e. The Morgan fingerprint density at radius 3 is 1.00 bits per heavy atom. The standard InChI is InChI=1S/C37H57N5O2.2C2H6/c1-13-28-17-33(18-29(35(28)43)23-40(7)8)37(2,32-15-26(21-38(3)4)14-27(16-32)22-39(5)6)34-19-30(24-41(9)10)36(44)31(20-34)25-42(11)12;2*1-2/h14-20,43-44H,13,21-25H2,1-12H3;2*1-2H3. The lowest BCUT2D eigenvalue weighted by Gasteiger charge is -2.35. The molecule has 7 heteroatoms. The summed E-state index contributed by atoms with van der Waals surface area (Å²) in [7, 11) is 20.7. The summed E-state index contributed by atoms with van der Waals surface area (Å²) in [6, 6.07) is 15.8. The van der Waals surface area contributed by atoms with E-state index >= 15 is 0 Å². The predicted molar refractivity (Wildman–Crippen MR) is 207 cm³/mol. The molecule has 0 fully saturated rings. The first kappa shape index (κ1) is 43.1. The van der Waals surface area contributed by atoms with Gasteiger partial charge < -0.3 is 34.7 Å². The zero-order valence-corrected chi connectivity index (χ0v) is 33.4. The number of nitrogens with zero attached hydrogens (tertiary/aromatic N) is 5. The summed E-state index contributed by atoms with van der Waals surface area (Å²) in [5.74, 6) is 0.746. The molecule has 3 aromatic rings. The molecule has 48 heavy (non-hydrogen) atoms. The third-order valence-corrected chi connectivity index (χ3v) is 8.16. The third kappa shape index (κ3) is 11.6. The van der Waals surface area contributed by atoms with Gasteiger partial charge in [-0.2, -0.15) is 0 Å². The molecular weight excluding hydrogens is 594 g/mol. The van der Waals surface area contributed by atoms with Crippen molar-refractivity contribution in [3.05, 3.63) is 92.5 Å². The molecule has 0 spiro atoms. The van der Waals surface area contributed by atoms with Crippen LogP contribution >= 0.6 is 0 Å². The minimum absolute atomic E-state index is 0.362. The molecule has 0 radical (unpaired) electrons. The van der Waals surface area contributed by atoms with Crippen LogP contribution in [0.1, 0.15) is 91.6 Å². The fraction of sp³-hybridized carbons (Fsp3) is 0.561. The van der Waals surface area contributed by atoms with Gasteiger partial charge in [-0.3, -0.25) is 0 Å². The molecule has 0 saturated heterocycles. The van der Waals surface area contributed by atoms with Crippen LogP contribution in [0.15, 0.2) is 42.5 Å². The monoisotopic (exact) mass is 664 g/mol. The Kier molecular flexibility index (Phi) is 17.9. The lowest BCUT2D eigenvalue weighted by Crippen LogP contribution is -2.28. The molecule has 0 aliphatic carbocycles. The van der Waals surface area contributed by atoms with E-state index in [-0.39, 0.29) is 0 Å². The second-order valence-electron chi connectivity index (χ2n) is 14.0. The number of aryl methyl sites for hydroxylation is 1. The van der Waals surface area contributed by atoms with Crippen molar-refractivity contribution in [2.24, 2.45) is 0 Å². The summed E-state index contributed by atoms with van der Waals surface area (Å²) in [6.07, 6.45) is 0.732. The first-order valence-electron chi connectivity index (χ1n) is 17.6. The number of hydrogen-bond donors (Lipinski definition) is 2. The van der Waals surface area contributed by atoms with Crippen molar-refractivity contribution < 1.29 is 10.2 Å². The van der Waals surface area contributed by atoms with Crippen molar-refractivity contribution in [3.8, 4) is 11.5 Å². The molecule has 0 amide bonds. The van der Waals surface area contributed by atoms with Gasteiger partial charge in [-0.25, -0.2) is 0 Å². The van der Waals surface area contributed by atoms with Crippen LogP contribution in [0, 0.1) is 0 Å². The molecule has 0 heterocycles. The maximum absolute atomic E-state index is 11.5. The molecule has 0 aliphatic heterocycles. The Hall–Kier alpha value is -2.94. The van der Waals surface area contributed by atoms with Gasteiger partial charge in [0.2, 0.25) is 0 Å². The van der Waals surface area contributed by atoms with E-state index in [9.17, 15) is 10.2 Å². The smallest absolute Gasteiger partial charge is 0.124 e. The van der Waals surface area contributed by atoms with E-state index < -0.39 is 5.41 Å². The van der Waals surface area contributed by atoms with E-state index in [2.05, 4.69) is 109 Å². The summed E-state index contributed by atoms with van der Waals surface area (Å²) >= 11 is 0. The van der Waals surface area contributed by atoms with Crippen LogP contribution in [0.3, 0.4) is 0 Å². The topological polar surface area (TPSA) is 56.7 Å². The van der Waals surface area contributed by atoms with Crippen molar-refractivity contribution >= 4 is 0 Å². The molecule has 1 atom stereocenters. The van der Waals surface area contributed by atoms with Crippen LogP contribution in [-0.2, 0) is 44.6 Å². The van der Waals surface area contributed by atoms with Crippen molar-refractivity contribution in [2.75, 3.05) is 70.5 Å². The fourth-order valence-corrected chi connectivity index (χ4v) is 6.21. The molecule has 0 aliphatic rings. The van der Waals surface area contributed by atoms with Crippen molar-refractivity contribution in [2.45, 2.75) is 86.1 Å². The number of phenolic OH excluding ortho intramolecular Hbond substituents is 2. The van der Waals surface area contributed by atoms with Gasteiger partial charge in [-0.05, 0) is 135 Å². The van der Waals surface area contributed by atoms with Gasteiger partial charge >= 0.3 is 0 Å². The lowest BCUT2D eigenvalue weighted by atomic mass is 9.68. The van der Waals surface area contributed by atoms with Crippen LogP contribution in [0.5, 0.6) is 11.5 Å². The molecular formula is C41H69N5O2. The van der Waals surface area contributed by atoms with Gasteiger partial charge in [-0.1, -0.05) is 58.9 Å². The summed E-state index contributed by atoms with van der Waals surface area (Å²) in [6.45, 7) is 16.0. The van der Waals surface area contributed by atoms with Gasteiger partial charge in [-0.15, -0.1) is 0 Å². The predicted octanol–water partition coefficient (Wildman–Crippen LogP) is 7.37. The average molecular weight is 664 g/mol. The summed E-state index contributed by atoms with van der Waals surface area (Å²) in [5, 5.41) is 22.8. The Labute approximate surface area is 294 Å². The number of rotatable bonds is 14. The molecule has 3 rings (SSSR count). The lowest BCUT2D eigenvalue weighted by molar-refractivity contribution is 0.367. The fourth-order valence-electron chi connectivity index (χ4n) is 6.21. The van der Waals surface area contributed by atoms with Gasteiger partial charge in [0.05, 0.1) is 0 Å². The van der Waals surface area contributed by atoms with Crippen LogP contribution in [0.25, 0.3) is 0 Å². The van der Waals surface area contributed by atoms with Crippen LogP contribution in [-0.4, -0.2) is 105 Å². The first-order chi connectivity index (χ1) is 22.5. The molecule has 0 bridgehead atoms. The highest BCUT2D eigenvalue weighted by Crippen LogP contribution is 2.44. The summed E-state index contributed by atoms with van der Waals surface area (Å²) in [4.78, 5) is 10.7. The van der Waals surface area contributed by atoms with E-state index in [4.69, 9.17) is 0 Å². The number of hydrogen-bond acceptors (Lipinski definition) is 7. The van der Waals surface area contributed by atoms with Crippen LogP contribution in [0.2, 0.25) is 0 Å². The number of benzene rings is 3. The van der Waals surface area contributed by atoms with Crippen LogP contribution < -0.4 is 0 Å². The van der Waals surface area contributed by atoms with E-state index in [1.807, 2.05) is 70.0 Å². The normalized spacial score (nSPS) is 12.7. The highest BCUT2D eigenvalue weighted by molar-refractivity contribution is 5.58. The van der Waals surface area contributed by atoms with Crippen molar-refractivity contribution in [3.63, 3.8) is 0 Å². The molecule has 2 N–H and O–H groups in total. The van der Waals surface area contributed by atoms with Gasteiger partial charge in [0, 0.05) is 54.8 Å². The minimum Gasteiger partial charge on any atom is -0.507 e. The van der Waals surface area contributed by atoms with E-state index in [0.29, 0.717) is 31.1 Å². The highest BCUT2D eigenvalue weighted by atomic mass is 16.3. The van der Waals surface area contributed by atoms with E-state index in [1.165, 1.54) is 16.7 Å². The van der Waals surface area contributed by atoms with Crippen LogP contribution in [0.4, 0.5) is 0 Å². The minimum atomic E-state index is -0.572. The number of phenols is 2. The molecule has 3 aromatic carbocycles. The summed E-state index contributed by atoms with van der Waals surface area (Å²) < 4.78 is 0. The zero-order chi connectivity index (χ0) is 36.9. The zero-order valence-electron chi connectivity index (χ0n) is 33.4. The second-order valence-corrected chi connectivity index (χ2v) is 14.0. The Morgan fingerprint density at radius 1 is 0.438 bits per heavy atom. The average Bonchev–Trinajstić information content (AvgIpc) is 3.00. The Morgan fingerprint density at radius 2 is 0.708 bits per heavy atom. The molecule has 7 nitrogen and oxygen atoms in total. The molecule has 1 unspecified atom stereocenters. The molecule has 0 aromatic heterocycles. The Bertz CT molecular complexity index is 1350. The third-order valence-electron chi connectivity index (χ3n) is 8.16.